The van der Waals surface area contributed by atoms with Gasteiger partial charge in [-0.25, -0.2) is 0 Å². The van der Waals surface area contributed by atoms with Crippen LogP contribution in [0.25, 0.3) is 21.3 Å². The number of benzene rings is 1. The summed E-state index contributed by atoms with van der Waals surface area (Å²) in [5.41, 5.74) is 5.28. The van der Waals surface area contributed by atoms with E-state index >= 15 is 0 Å². The second kappa shape index (κ2) is 10.8. The summed E-state index contributed by atoms with van der Waals surface area (Å²) in [6.07, 6.45) is 7.15. The number of carbonyl (C=O) groups excluding carboxylic acids is 2. The Morgan fingerprint density at radius 2 is 1.77 bits per heavy atom. The molecule has 0 unspecified atom stereocenters. The number of hydrogen-bond acceptors (Lipinski definition) is 4. The van der Waals surface area contributed by atoms with Gasteiger partial charge < -0.3 is 4.98 Å². The molecule has 0 saturated carbocycles. The molecule has 2 aromatic heterocycles. The molecule has 3 nitrogen and oxygen atoms in total. The molecule has 4 rings (SSSR count). The number of nitrogens with zero attached hydrogens (tertiary/aromatic N) is 1. The number of hydrogen-bond donors (Lipinski definition) is 0. The van der Waals surface area contributed by atoms with Crippen LogP contribution in [0.5, 0.6) is 0 Å². The predicted molar refractivity (Wildman–Crippen MR) is 125 cm³/mol. The van der Waals surface area contributed by atoms with Crippen molar-refractivity contribution in [2.24, 2.45) is 0 Å². The Balaban J connectivity index is 0.000000373. The number of Topliss-reactive ketones (excluding diaryl/α,β-unsaturated/α-hetero) is 2. The van der Waals surface area contributed by atoms with Crippen LogP contribution in [-0.4, -0.2) is 16.6 Å². The van der Waals surface area contributed by atoms with Gasteiger partial charge in [0.05, 0.1) is 6.42 Å². The quantitative estimate of drug-likeness (QED) is 0.251. The second-order valence-electron chi connectivity index (χ2n) is 9.07. The van der Waals surface area contributed by atoms with Crippen LogP contribution in [0, 0.1) is 6.07 Å². The molecular weight excluding hydrogens is 583 g/mol. The molecule has 2 heterocycles. The molecule has 31 heavy (non-hydrogen) atoms. The summed E-state index contributed by atoms with van der Waals surface area (Å²) in [6, 6.07) is 12.1. The van der Waals surface area contributed by atoms with Crippen molar-refractivity contribution in [1.29, 1.82) is 0 Å². The van der Waals surface area contributed by atoms with E-state index in [1.807, 2.05) is 17.5 Å². The van der Waals surface area contributed by atoms with E-state index in [1.54, 1.807) is 10.4 Å². The third kappa shape index (κ3) is 6.41. The topological polar surface area (TPSA) is 47.0 Å². The molecule has 1 aliphatic rings. The van der Waals surface area contributed by atoms with Crippen molar-refractivity contribution >= 4 is 33.0 Å². The van der Waals surface area contributed by atoms with E-state index < -0.39 is 0 Å². The predicted octanol–water partition coefficient (Wildman–Crippen LogP) is 6.49. The van der Waals surface area contributed by atoms with Crippen LogP contribution in [0.2, 0.25) is 0 Å². The average molecular weight is 613 g/mol. The maximum absolute atomic E-state index is 10.0. The van der Waals surface area contributed by atoms with E-state index in [1.165, 1.54) is 60.7 Å². The zero-order chi connectivity index (χ0) is 21.9. The van der Waals surface area contributed by atoms with E-state index in [0.29, 0.717) is 0 Å². The molecule has 5 heteroatoms. The molecule has 0 aliphatic heterocycles. The van der Waals surface area contributed by atoms with Crippen LogP contribution in [-0.2, 0) is 48.0 Å². The van der Waals surface area contributed by atoms with E-state index in [2.05, 4.69) is 56.1 Å². The van der Waals surface area contributed by atoms with E-state index in [0.717, 1.165) is 5.69 Å². The maximum Gasteiger partial charge on any atom is 0.137 e. The van der Waals surface area contributed by atoms with Crippen molar-refractivity contribution in [3.63, 3.8) is 0 Å². The standard InChI is InChI=1S/C21H22NS.C5H8O2.Ir/c1-21(2,3)14-11-12-22-18(13-14)17-9-6-8-16-15-7-4-5-10-19(15)23-20(16)17;1-4(6)3-5(2)7;/h6,8,11-13H,4-5,7,10H2,1-3H3;3H2,1-2H3;/q-1;;. The fraction of sp³-hybridized carbons (Fsp3) is 0.423. The first kappa shape index (κ1) is 25.6. The summed E-state index contributed by atoms with van der Waals surface area (Å²) in [5, 5.41) is 1.43. The summed E-state index contributed by atoms with van der Waals surface area (Å²) in [6.45, 7) is 9.56. The van der Waals surface area contributed by atoms with Gasteiger partial charge in [0.25, 0.3) is 0 Å². The van der Waals surface area contributed by atoms with Gasteiger partial charge in [-0.15, -0.1) is 23.8 Å². The van der Waals surface area contributed by atoms with Gasteiger partial charge in [-0.3, -0.25) is 9.59 Å². The van der Waals surface area contributed by atoms with Crippen molar-refractivity contribution in [2.75, 3.05) is 0 Å². The number of aryl methyl sites for hydroxylation is 2. The Morgan fingerprint density at radius 1 is 1.10 bits per heavy atom. The minimum Gasteiger partial charge on any atom is -0.305 e. The number of aromatic nitrogens is 1. The van der Waals surface area contributed by atoms with Crippen LogP contribution >= 0.6 is 11.3 Å². The van der Waals surface area contributed by atoms with Crippen molar-refractivity contribution in [3.8, 4) is 11.3 Å². The molecule has 167 valence electrons. The normalized spacial score (nSPS) is 12.9. The van der Waals surface area contributed by atoms with Crippen molar-refractivity contribution in [2.45, 2.75) is 72.1 Å². The summed E-state index contributed by atoms with van der Waals surface area (Å²) in [7, 11) is 0. The molecule has 0 spiro atoms. The number of ketones is 2. The molecule has 0 atom stereocenters. The number of pyridine rings is 1. The van der Waals surface area contributed by atoms with Gasteiger partial charge in [-0.1, -0.05) is 32.2 Å². The molecule has 1 radical (unpaired) electrons. The average Bonchev–Trinajstić information content (AvgIpc) is 3.05. The van der Waals surface area contributed by atoms with Crippen LogP contribution in [0.4, 0.5) is 0 Å². The van der Waals surface area contributed by atoms with Gasteiger partial charge in [-0.05, 0) is 77.4 Å². The molecule has 1 aliphatic carbocycles. The van der Waals surface area contributed by atoms with Crippen LogP contribution < -0.4 is 0 Å². The van der Waals surface area contributed by atoms with E-state index in [-0.39, 0.29) is 43.5 Å². The SMILES string of the molecule is CC(=O)CC(C)=O.CC(C)(C)c1ccnc(-c2[c-]ccc3c4c(sc23)CCCC4)c1.[Ir]. The molecule has 1 aromatic carbocycles. The molecule has 0 N–H and O–H groups in total. The molecule has 3 aromatic rings. The third-order valence-corrected chi connectivity index (χ3v) is 6.62. The Hall–Kier alpha value is -1.68. The van der Waals surface area contributed by atoms with Gasteiger partial charge in [0.1, 0.15) is 11.6 Å². The molecule has 0 amide bonds. The molecule has 0 fully saturated rings. The summed E-state index contributed by atoms with van der Waals surface area (Å²) in [4.78, 5) is 26.3. The number of rotatable bonds is 3. The van der Waals surface area contributed by atoms with Crippen LogP contribution in [0.3, 0.4) is 0 Å². The number of fused-ring (bicyclic) bond motifs is 3. The second-order valence-corrected chi connectivity index (χ2v) is 10.2. The molecule has 0 bridgehead atoms. The fourth-order valence-electron chi connectivity index (χ4n) is 3.80. The number of thiophene rings is 1. The monoisotopic (exact) mass is 613 g/mol. The smallest absolute Gasteiger partial charge is 0.137 e. The van der Waals surface area contributed by atoms with Gasteiger partial charge in [0, 0.05) is 26.3 Å². The first-order chi connectivity index (χ1) is 14.2. The van der Waals surface area contributed by atoms with Crippen LogP contribution in [0.15, 0.2) is 30.5 Å². The Labute approximate surface area is 203 Å². The van der Waals surface area contributed by atoms with Gasteiger partial charge in [0.2, 0.25) is 0 Å². The van der Waals surface area contributed by atoms with E-state index in [4.69, 9.17) is 0 Å². The summed E-state index contributed by atoms with van der Waals surface area (Å²) < 4.78 is 1.37. The third-order valence-electron chi connectivity index (χ3n) is 5.30. The van der Waals surface area contributed by atoms with E-state index in [9.17, 15) is 9.59 Å². The zero-order valence-corrected chi connectivity index (χ0v) is 22.1. The Bertz CT molecular complexity index is 1070. The minimum atomic E-state index is -0.0625. The first-order valence-electron chi connectivity index (χ1n) is 10.6. The fourth-order valence-corrected chi connectivity index (χ4v) is 5.20. The molecule has 0 saturated heterocycles. The zero-order valence-electron chi connectivity index (χ0n) is 18.9. The largest absolute Gasteiger partial charge is 0.305 e. The minimum absolute atomic E-state index is 0. The Kier molecular flexibility index (Phi) is 8.88. The van der Waals surface area contributed by atoms with Gasteiger partial charge in [-0.2, -0.15) is 11.3 Å². The first-order valence-corrected chi connectivity index (χ1v) is 11.4. The molecular formula is C26H30IrNO2S-. The van der Waals surface area contributed by atoms with Crippen molar-refractivity contribution in [1.82, 2.24) is 4.98 Å². The summed E-state index contributed by atoms with van der Waals surface area (Å²) in [5.74, 6) is -0.125. The van der Waals surface area contributed by atoms with Crippen molar-refractivity contribution in [3.05, 3.63) is 52.5 Å². The summed E-state index contributed by atoms with van der Waals surface area (Å²) >= 11 is 1.96. The van der Waals surface area contributed by atoms with Crippen LogP contribution in [0.1, 0.15) is 69.9 Å². The Morgan fingerprint density at radius 3 is 2.39 bits per heavy atom. The maximum atomic E-state index is 10.0. The number of carbonyl (C=O) groups is 2. The van der Waals surface area contributed by atoms with Gasteiger partial charge in [0.15, 0.2) is 0 Å². The van der Waals surface area contributed by atoms with Gasteiger partial charge >= 0.3 is 0 Å². The van der Waals surface area contributed by atoms with Crippen molar-refractivity contribution < 1.29 is 29.7 Å².